The van der Waals surface area contributed by atoms with Gasteiger partial charge in [-0.3, -0.25) is 9.69 Å². The molecule has 0 aliphatic carbocycles. The maximum absolute atomic E-state index is 11.2. The lowest BCUT2D eigenvalue weighted by molar-refractivity contribution is -0.142. The molecule has 0 unspecified atom stereocenters. The smallest absolute Gasteiger partial charge is 0.320 e. The number of benzene rings is 1. The number of rotatable bonds is 3. The van der Waals surface area contributed by atoms with Crippen molar-refractivity contribution in [2.24, 2.45) is 0 Å². The van der Waals surface area contributed by atoms with Gasteiger partial charge >= 0.3 is 5.97 Å². The first-order valence-corrected chi connectivity index (χ1v) is 7.08. The molecule has 6 heteroatoms. The first-order valence-electron chi connectivity index (χ1n) is 6.70. The third-order valence-corrected chi connectivity index (χ3v) is 3.97. The zero-order valence-electron chi connectivity index (χ0n) is 11.0. The fourth-order valence-electron chi connectivity index (χ4n) is 2.79. The van der Waals surface area contributed by atoms with Gasteiger partial charge in [-0.1, -0.05) is 11.6 Å². The molecule has 1 atom stereocenters. The van der Waals surface area contributed by atoms with E-state index in [0.29, 0.717) is 42.7 Å². The van der Waals surface area contributed by atoms with Crippen LogP contribution in [-0.2, 0) is 11.3 Å². The number of halogens is 1. The highest BCUT2D eigenvalue weighted by molar-refractivity contribution is 6.32. The molecule has 2 aliphatic heterocycles. The largest absolute Gasteiger partial charge is 0.486 e. The van der Waals surface area contributed by atoms with Crippen molar-refractivity contribution >= 4 is 17.6 Å². The summed E-state index contributed by atoms with van der Waals surface area (Å²) in [6.45, 7) is 2.36. The summed E-state index contributed by atoms with van der Waals surface area (Å²) in [7, 11) is 0. The summed E-state index contributed by atoms with van der Waals surface area (Å²) in [6.07, 6.45) is 1.61. The van der Waals surface area contributed by atoms with Crippen LogP contribution in [0.3, 0.4) is 0 Å². The van der Waals surface area contributed by atoms with Gasteiger partial charge < -0.3 is 14.6 Å². The Hall–Kier alpha value is -1.46. The first kappa shape index (κ1) is 13.5. The summed E-state index contributed by atoms with van der Waals surface area (Å²) >= 11 is 6.19. The summed E-state index contributed by atoms with van der Waals surface area (Å²) in [5, 5.41) is 9.71. The first-order chi connectivity index (χ1) is 9.65. The summed E-state index contributed by atoms with van der Waals surface area (Å²) in [6, 6.07) is 3.31. The van der Waals surface area contributed by atoms with E-state index in [0.717, 1.165) is 18.5 Å². The Kier molecular flexibility index (Phi) is 3.72. The molecule has 1 aromatic rings. The van der Waals surface area contributed by atoms with Crippen LogP contribution >= 0.6 is 11.6 Å². The van der Waals surface area contributed by atoms with Gasteiger partial charge in [0.25, 0.3) is 0 Å². The SMILES string of the molecule is O=C(O)[C@H]1CCCN1Cc1cc(Cl)c2c(c1)OCCO2. The van der Waals surface area contributed by atoms with E-state index in [9.17, 15) is 9.90 Å². The van der Waals surface area contributed by atoms with Gasteiger partial charge in [-0.05, 0) is 37.1 Å². The minimum atomic E-state index is -0.758. The average molecular weight is 298 g/mol. The maximum atomic E-state index is 11.2. The number of carboxylic acid groups (broad SMARTS) is 1. The van der Waals surface area contributed by atoms with Crippen molar-refractivity contribution in [3.8, 4) is 11.5 Å². The molecule has 2 aliphatic rings. The van der Waals surface area contributed by atoms with Crippen molar-refractivity contribution in [3.63, 3.8) is 0 Å². The Balaban J connectivity index is 1.81. The van der Waals surface area contributed by atoms with E-state index in [-0.39, 0.29) is 0 Å². The Morgan fingerprint density at radius 1 is 1.40 bits per heavy atom. The van der Waals surface area contributed by atoms with E-state index < -0.39 is 12.0 Å². The van der Waals surface area contributed by atoms with Crippen LogP contribution in [-0.4, -0.2) is 41.8 Å². The molecule has 1 aromatic carbocycles. The molecular weight excluding hydrogens is 282 g/mol. The standard InChI is InChI=1S/C14H16ClNO4/c15-10-6-9(7-12-13(10)20-5-4-19-12)8-16-3-1-2-11(16)14(17)18/h6-7,11H,1-5,8H2,(H,17,18)/t11-/m1/s1. The molecule has 3 rings (SSSR count). The fraction of sp³-hybridized carbons (Fsp3) is 0.500. The highest BCUT2D eigenvalue weighted by Gasteiger charge is 2.30. The van der Waals surface area contributed by atoms with E-state index in [1.165, 1.54) is 0 Å². The summed E-state index contributed by atoms with van der Waals surface area (Å²) < 4.78 is 11.0. The van der Waals surface area contributed by atoms with Crippen molar-refractivity contribution < 1.29 is 19.4 Å². The van der Waals surface area contributed by atoms with Crippen molar-refractivity contribution in [2.75, 3.05) is 19.8 Å². The Bertz CT molecular complexity index is 534. The molecule has 0 radical (unpaired) electrons. The number of ether oxygens (including phenoxy) is 2. The lowest BCUT2D eigenvalue weighted by atomic mass is 10.1. The number of carbonyl (C=O) groups is 1. The van der Waals surface area contributed by atoms with Gasteiger partial charge in [-0.25, -0.2) is 0 Å². The number of fused-ring (bicyclic) bond motifs is 1. The minimum Gasteiger partial charge on any atom is -0.486 e. The van der Waals surface area contributed by atoms with E-state index in [1.807, 2.05) is 17.0 Å². The van der Waals surface area contributed by atoms with E-state index in [2.05, 4.69) is 0 Å². The fourth-order valence-corrected chi connectivity index (χ4v) is 3.07. The minimum absolute atomic E-state index is 0.401. The Morgan fingerprint density at radius 2 is 2.20 bits per heavy atom. The van der Waals surface area contributed by atoms with Crippen LogP contribution in [0.15, 0.2) is 12.1 Å². The number of nitrogens with zero attached hydrogens (tertiary/aromatic N) is 1. The van der Waals surface area contributed by atoms with Gasteiger partial charge in [0, 0.05) is 6.54 Å². The molecule has 1 saturated heterocycles. The lowest BCUT2D eigenvalue weighted by Crippen LogP contribution is -2.35. The summed E-state index contributed by atoms with van der Waals surface area (Å²) in [5.41, 5.74) is 0.951. The third kappa shape index (κ3) is 2.55. The highest BCUT2D eigenvalue weighted by Crippen LogP contribution is 2.38. The molecule has 20 heavy (non-hydrogen) atoms. The molecular formula is C14H16ClNO4. The molecule has 1 fully saturated rings. The maximum Gasteiger partial charge on any atom is 0.320 e. The second kappa shape index (κ2) is 5.50. The second-order valence-electron chi connectivity index (χ2n) is 5.07. The molecule has 0 bridgehead atoms. The molecule has 0 spiro atoms. The molecule has 0 saturated carbocycles. The van der Waals surface area contributed by atoms with Crippen molar-refractivity contribution in [1.82, 2.24) is 4.90 Å². The summed E-state index contributed by atoms with van der Waals surface area (Å²) in [4.78, 5) is 13.2. The van der Waals surface area contributed by atoms with Gasteiger partial charge in [0.05, 0.1) is 5.02 Å². The lowest BCUT2D eigenvalue weighted by Gasteiger charge is -2.24. The molecule has 2 heterocycles. The van der Waals surface area contributed by atoms with E-state index in [1.54, 1.807) is 0 Å². The molecule has 0 aromatic heterocycles. The van der Waals surface area contributed by atoms with Gasteiger partial charge in [-0.2, -0.15) is 0 Å². The zero-order chi connectivity index (χ0) is 14.1. The van der Waals surface area contributed by atoms with Crippen LogP contribution in [0, 0.1) is 0 Å². The normalized spacial score (nSPS) is 21.9. The quantitative estimate of drug-likeness (QED) is 0.926. The second-order valence-corrected chi connectivity index (χ2v) is 5.48. The Morgan fingerprint density at radius 3 is 3.00 bits per heavy atom. The number of aliphatic carboxylic acids is 1. The van der Waals surface area contributed by atoms with E-state index >= 15 is 0 Å². The molecule has 108 valence electrons. The van der Waals surface area contributed by atoms with Crippen LogP contribution in [0.5, 0.6) is 11.5 Å². The van der Waals surface area contributed by atoms with Gasteiger partial charge in [0.2, 0.25) is 0 Å². The van der Waals surface area contributed by atoms with Gasteiger partial charge in [0.1, 0.15) is 19.3 Å². The van der Waals surface area contributed by atoms with Crippen LogP contribution in [0.2, 0.25) is 5.02 Å². The van der Waals surface area contributed by atoms with E-state index in [4.69, 9.17) is 21.1 Å². The van der Waals surface area contributed by atoms with Gasteiger partial charge in [0.15, 0.2) is 11.5 Å². The third-order valence-electron chi connectivity index (χ3n) is 3.69. The monoisotopic (exact) mass is 297 g/mol. The number of hydrogen-bond acceptors (Lipinski definition) is 4. The predicted molar refractivity (Wildman–Crippen MR) is 73.5 cm³/mol. The van der Waals surface area contributed by atoms with Crippen molar-refractivity contribution in [3.05, 3.63) is 22.7 Å². The van der Waals surface area contributed by atoms with Crippen LogP contribution in [0.1, 0.15) is 18.4 Å². The van der Waals surface area contributed by atoms with Crippen LogP contribution in [0.4, 0.5) is 0 Å². The van der Waals surface area contributed by atoms with Crippen LogP contribution < -0.4 is 9.47 Å². The number of likely N-dealkylation sites (tertiary alicyclic amines) is 1. The average Bonchev–Trinajstić information content (AvgIpc) is 2.87. The number of hydrogen-bond donors (Lipinski definition) is 1. The van der Waals surface area contributed by atoms with Crippen molar-refractivity contribution in [1.29, 1.82) is 0 Å². The topological polar surface area (TPSA) is 59.0 Å². The van der Waals surface area contributed by atoms with Crippen LogP contribution in [0.25, 0.3) is 0 Å². The van der Waals surface area contributed by atoms with Crippen molar-refractivity contribution in [2.45, 2.75) is 25.4 Å². The molecule has 5 nitrogen and oxygen atoms in total. The summed E-state index contributed by atoms with van der Waals surface area (Å²) in [5.74, 6) is 0.467. The highest BCUT2D eigenvalue weighted by atomic mass is 35.5. The Labute approximate surface area is 122 Å². The molecule has 1 N–H and O–H groups in total. The predicted octanol–water partition coefficient (Wildman–Crippen LogP) is 2.16. The zero-order valence-corrected chi connectivity index (χ0v) is 11.7. The molecule has 0 amide bonds. The van der Waals surface area contributed by atoms with Gasteiger partial charge in [-0.15, -0.1) is 0 Å². The number of carboxylic acids is 1.